The molecule has 3 rings (SSSR count). The van der Waals surface area contributed by atoms with Crippen LogP contribution in [0.25, 0.3) is 10.9 Å². The molecule has 0 saturated carbocycles. The van der Waals surface area contributed by atoms with E-state index in [4.69, 9.17) is 11.6 Å². The maximum absolute atomic E-state index is 12.1. The van der Waals surface area contributed by atoms with Crippen LogP contribution in [0.15, 0.2) is 60.7 Å². The molecule has 0 atom stereocenters. The van der Waals surface area contributed by atoms with Crippen LogP contribution in [0.1, 0.15) is 5.56 Å². The summed E-state index contributed by atoms with van der Waals surface area (Å²) in [5, 5.41) is 4.44. The molecule has 1 amide bonds. The van der Waals surface area contributed by atoms with Gasteiger partial charge in [0.2, 0.25) is 5.91 Å². The molecule has 104 valence electrons. The normalized spacial score (nSPS) is 10.5. The van der Waals surface area contributed by atoms with Crippen LogP contribution in [0, 0.1) is 0 Å². The molecule has 0 spiro atoms. The van der Waals surface area contributed by atoms with Crippen molar-refractivity contribution in [3.8, 4) is 0 Å². The predicted octanol–water partition coefficient (Wildman–Crippen LogP) is 4.07. The van der Waals surface area contributed by atoms with Crippen LogP contribution in [0.3, 0.4) is 0 Å². The van der Waals surface area contributed by atoms with Crippen molar-refractivity contribution in [1.82, 2.24) is 4.98 Å². The molecule has 0 aliphatic heterocycles. The van der Waals surface area contributed by atoms with Gasteiger partial charge in [-0.2, -0.15) is 0 Å². The van der Waals surface area contributed by atoms with Gasteiger partial charge in [0, 0.05) is 10.4 Å². The summed E-state index contributed by atoms with van der Waals surface area (Å²) in [6, 6.07) is 18.8. The van der Waals surface area contributed by atoms with Gasteiger partial charge >= 0.3 is 0 Å². The number of carbonyl (C=O) groups is 1. The van der Waals surface area contributed by atoms with Gasteiger partial charge in [0.05, 0.1) is 11.9 Å². The minimum atomic E-state index is -0.133. The van der Waals surface area contributed by atoms with Crippen molar-refractivity contribution in [3.63, 3.8) is 0 Å². The van der Waals surface area contributed by atoms with Crippen molar-refractivity contribution in [2.75, 3.05) is 5.32 Å². The zero-order valence-corrected chi connectivity index (χ0v) is 12.0. The largest absolute Gasteiger partial charge is 0.310 e. The maximum Gasteiger partial charge on any atom is 0.230 e. The number of rotatable bonds is 3. The molecule has 1 N–H and O–H groups in total. The second-order valence-corrected chi connectivity index (χ2v) is 5.11. The highest BCUT2D eigenvalue weighted by atomic mass is 35.5. The van der Waals surface area contributed by atoms with Crippen LogP contribution >= 0.6 is 11.6 Å². The van der Waals surface area contributed by atoms with Gasteiger partial charge in [-0.05, 0) is 29.8 Å². The van der Waals surface area contributed by atoms with Crippen LogP contribution in [-0.2, 0) is 11.2 Å². The first-order valence-electron chi connectivity index (χ1n) is 6.61. The monoisotopic (exact) mass is 296 g/mol. The van der Waals surface area contributed by atoms with Crippen molar-refractivity contribution in [3.05, 3.63) is 71.2 Å². The van der Waals surface area contributed by atoms with E-state index in [0.29, 0.717) is 10.8 Å². The number of nitrogens with zero attached hydrogens (tertiary/aromatic N) is 1. The summed E-state index contributed by atoms with van der Waals surface area (Å²) in [7, 11) is 0. The van der Waals surface area contributed by atoms with Crippen molar-refractivity contribution < 1.29 is 4.79 Å². The smallest absolute Gasteiger partial charge is 0.230 e. The molecule has 21 heavy (non-hydrogen) atoms. The number of benzene rings is 2. The number of pyridine rings is 1. The third kappa shape index (κ3) is 3.20. The standard InChI is InChI=1S/C17H13ClN2O/c18-14-7-3-1-6-13(14)11-17(21)20-16-10-9-12-5-2-4-8-15(12)19-16/h1-10H,11H2,(H,19,20,21). The number of nitrogens with one attached hydrogen (secondary N) is 1. The lowest BCUT2D eigenvalue weighted by atomic mass is 10.1. The molecular weight excluding hydrogens is 284 g/mol. The van der Waals surface area contributed by atoms with E-state index in [1.165, 1.54) is 0 Å². The Bertz CT molecular complexity index is 801. The van der Waals surface area contributed by atoms with E-state index in [-0.39, 0.29) is 12.3 Å². The quantitative estimate of drug-likeness (QED) is 0.791. The van der Waals surface area contributed by atoms with E-state index in [0.717, 1.165) is 16.5 Å². The molecular formula is C17H13ClN2O. The second-order valence-electron chi connectivity index (χ2n) is 4.71. The van der Waals surface area contributed by atoms with Gasteiger partial charge in [0.15, 0.2) is 0 Å². The average Bonchev–Trinajstić information content (AvgIpc) is 2.49. The molecule has 0 fully saturated rings. The Balaban J connectivity index is 1.75. The molecule has 3 nitrogen and oxygen atoms in total. The van der Waals surface area contributed by atoms with E-state index >= 15 is 0 Å². The summed E-state index contributed by atoms with van der Waals surface area (Å²) in [5.41, 5.74) is 1.66. The minimum absolute atomic E-state index is 0.133. The molecule has 0 aliphatic carbocycles. The van der Waals surface area contributed by atoms with Crippen LogP contribution in [-0.4, -0.2) is 10.9 Å². The maximum atomic E-state index is 12.1. The van der Waals surface area contributed by atoms with Crippen molar-refractivity contribution in [2.24, 2.45) is 0 Å². The first kappa shape index (κ1) is 13.6. The Morgan fingerprint density at radius 2 is 1.76 bits per heavy atom. The molecule has 0 aliphatic rings. The summed E-state index contributed by atoms with van der Waals surface area (Å²) in [4.78, 5) is 16.5. The number of fused-ring (bicyclic) bond motifs is 1. The fourth-order valence-corrected chi connectivity index (χ4v) is 2.34. The van der Waals surface area contributed by atoms with Gasteiger partial charge in [-0.1, -0.05) is 48.0 Å². The number of carbonyl (C=O) groups excluding carboxylic acids is 1. The molecule has 3 aromatic rings. The number of hydrogen-bond acceptors (Lipinski definition) is 2. The van der Waals surface area contributed by atoms with E-state index in [1.807, 2.05) is 48.5 Å². The average molecular weight is 297 g/mol. The number of anilines is 1. The van der Waals surface area contributed by atoms with Crippen molar-refractivity contribution in [2.45, 2.75) is 6.42 Å². The predicted molar refractivity (Wildman–Crippen MR) is 85.5 cm³/mol. The van der Waals surface area contributed by atoms with Crippen LogP contribution < -0.4 is 5.32 Å². The molecule has 1 aromatic heterocycles. The van der Waals surface area contributed by atoms with Crippen LogP contribution in [0.4, 0.5) is 5.82 Å². The highest BCUT2D eigenvalue weighted by molar-refractivity contribution is 6.31. The summed E-state index contributed by atoms with van der Waals surface area (Å²) < 4.78 is 0. The zero-order chi connectivity index (χ0) is 14.7. The van der Waals surface area contributed by atoms with Crippen LogP contribution in [0.5, 0.6) is 0 Å². The SMILES string of the molecule is O=C(Cc1ccccc1Cl)Nc1ccc2ccccc2n1. The molecule has 0 radical (unpaired) electrons. The van der Waals surface area contributed by atoms with Crippen LogP contribution in [0.2, 0.25) is 5.02 Å². The summed E-state index contributed by atoms with van der Waals surface area (Å²) >= 11 is 6.05. The Kier molecular flexibility index (Phi) is 3.84. The Morgan fingerprint density at radius 1 is 1.00 bits per heavy atom. The third-order valence-corrected chi connectivity index (χ3v) is 3.54. The van der Waals surface area contributed by atoms with Crippen molar-refractivity contribution in [1.29, 1.82) is 0 Å². The molecule has 0 saturated heterocycles. The fourth-order valence-electron chi connectivity index (χ4n) is 2.14. The van der Waals surface area contributed by atoms with E-state index in [9.17, 15) is 4.79 Å². The van der Waals surface area contributed by atoms with E-state index in [1.54, 1.807) is 12.1 Å². The first-order chi connectivity index (χ1) is 10.2. The lowest BCUT2D eigenvalue weighted by Crippen LogP contribution is -2.15. The van der Waals surface area contributed by atoms with Gasteiger partial charge in [0.1, 0.15) is 5.82 Å². The highest BCUT2D eigenvalue weighted by Gasteiger charge is 2.08. The first-order valence-corrected chi connectivity index (χ1v) is 6.99. The number of halogens is 1. The fraction of sp³-hybridized carbons (Fsp3) is 0.0588. The highest BCUT2D eigenvalue weighted by Crippen LogP contribution is 2.17. The number of hydrogen-bond donors (Lipinski definition) is 1. The third-order valence-electron chi connectivity index (χ3n) is 3.17. The molecule has 1 heterocycles. The molecule has 4 heteroatoms. The Hall–Kier alpha value is -2.39. The topological polar surface area (TPSA) is 42.0 Å². The summed E-state index contributed by atoms with van der Waals surface area (Å²) in [5.74, 6) is 0.414. The zero-order valence-electron chi connectivity index (χ0n) is 11.2. The van der Waals surface area contributed by atoms with Gasteiger partial charge in [-0.25, -0.2) is 4.98 Å². The molecule has 0 bridgehead atoms. The van der Waals surface area contributed by atoms with Gasteiger partial charge in [-0.15, -0.1) is 0 Å². The molecule has 0 unspecified atom stereocenters. The summed E-state index contributed by atoms with van der Waals surface area (Å²) in [6.07, 6.45) is 0.230. The van der Waals surface area contributed by atoms with Gasteiger partial charge < -0.3 is 5.32 Å². The number of para-hydroxylation sites is 1. The minimum Gasteiger partial charge on any atom is -0.310 e. The lowest BCUT2D eigenvalue weighted by molar-refractivity contribution is -0.115. The Morgan fingerprint density at radius 3 is 2.62 bits per heavy atom. The number of amides is 1. The van der Waals surface area contributed by atoms with Crippen molar-refractivity contribution >= 4 is 34.2 Å². The summed E-state index contributed by atoms with van der Waals surface area (Å²) in [6.45, 7) is 0. The number of aromatic nitrogens is 1. The van der Waals surface area contributed by atoms with E-state index in [2.05, 4.69) is 10.3 Å². The van der Waals surface area contributed by atoms with E-state index < -0.39 is 0 Å². The lowest BCUT2D eigenvalue weighted by Gasteiger charge is -2.07. The van der Waals surface area contributed by atoms with Gasteiger partial charge in [0.25, 0.3) is 0 Å². The molecule has 2 aromatic carbocycles. The second kappa shape index (κ2) is 5.94. The Labute approximate surface area is 127 Å². The van der Waals surface area contributed by atoms with Gasteiger partial charge in [-0.3, -0.25) is 4.79 Å².